The van der Waals surface area contributed by atoms with Crippen LogP contribution in [-0.4, -0.2) is 19.1 Å². The van der Waals surface area contributed by atoms with Gasteiger partial charge >= 0.3 is 0 Å². The molecule has 0 unspecified atom stereocenters. The second-order valence-electron chi connectivity index (χ2n) is 5.61. The molecule has 0 heterocycles. The van der Waals surface area contributed by atoms with Crippen molar-refractivity contribution in [3.63, 3.8) is 0 Å². The van der Waals surface area contributed by atoms with Crippen LogP contribution in [0, 0.1) is 5.92 Å². The van der Waals surface area contributed by atoms with E-state index >= 15 is 0 Å². The van der Waals surface area contributed by atoms with Crippen molar-refractivity contribution in [2.45, 2.75) is 38.5 Å². The summed E-state index contributed by atoms with van der Waals surface area (Å²) in [6.07, 6.45) is 6.41. The zero-order chi connectivity index (χ0) is 15.1. The summed E-state index contributed by atoms with van der Waals surface area (Å²) in [6.45, 7) is 1.48. The lowest BCUT2D eigenvalue weighted by Crippen LogP contribution is -2.14. The van der Waals surface area contributed by atoms with Gasteiger partial charge in [-0.25, -0.2) is 0 Å². The molecular formula is C16H23ClN2O2. The van der Waals surface area contributed by atoms with Crippen molar-refractivity contribution >= 4 is 28.9 Å². The minimum absolute atomic E-state index is 0.0477. The summed E-state index contributed by atoms with van der Waals surface area (Å²) in [5.74, 6) is 0.682. The Hall–Kier alpha value is -1.26. The van der Waals surface area contributed by atoms with Gasteiger partial charge in [0.1, 0.15) is 0 Å². The third-order valence-corrected chi connectivity index (χ3v) is 4.04. The number of hydrogen-bond acceptors (Lipinski definition) is 3. The van der Waals surface area contributed by atoms with E-state index in [1.807, 2.05) is 0 Å². The van der Waals surface area contributed by atoms with E-state index in [1.165, 1.54) is 25.7 Å². The average molecular weight is 311 g/mol. The number of nitrogens with one attached hydrogen (secondary N) is 1. The lowest BCUT2D eigenvalue weighted by molar-refractivity contribution is -0.116. The number of carbonyl (C=O) groups is 1. The minimum atomic E-state index is -0.0477. The van der Waals surface area contributed by atoms with Crippen LogP contribution in [0.25, 0.3) is 0 Å². The number of rotatable bonds is 7. The van der Waals surface area contributed by atoms with Crippen molar-refractivity contribution in [3.8, 4) is 0 Å². The molecule has 1 aromatic rings. The maximum absolute atomic E-state index is 11.8. The summed E-state index contributed by atoms with van der Waals surface area (Å²) >= 11 is 5.82. The van der Waals surface area contributed by atoms with Gasteiger partial charge < -0.3 is 15.8 Å². The first-order chi connectivity index (χ1) is 10.1. The molecule has 5 heteroatoms. The van der Waals surface area contributed by atoms with E-state index in [4.69, 9.17) is 22.1 Å². The number of nitrogen functional groups attached to an aromatic ring is 1. The highest BCUT2D eigenvalue weighted by molar-refractivity contribution is 6.31. The van der Waals surface area contributed by atoms with Gasteiger partial charge in [0.05, 0.1) is 11.4 Å². The summed E-state index contributed by atoms with van der Waals surface area (Å²) in [5.41, 5.74) is 6.88. The molecule has 116 valence electrons. The number of carbonyl (C=O) groups excluding carboxylic acids is 1. The Balaban J connectivity index is 1.60. The molecule has 1 aromatic carbocycles. The first-order valence-corrected chi connectivity index (χ1v) is 7.95. The van der Waals surface area contributed by atoms with E-state index in [1.54, 1.807) is 18.2 Å². The van der Waals surface area contributed by atoms with E-state index in [9.17, 15) is 4.79 Å². The molecule has 4 nitrogen and oxygen atoms in total. The van der Waals surface area contributed by atoms with Crippen molar-refractivity contribution in [2.75, 3.05) is 24.3 Å². The second-order valence-corrected chi connectivity index (χ2v) is 6.05. The number of amides is 1. The van der Waals surface area contributed by atoms with Crippen LogP contribution < -0.4 is 11.1 Å². The normalized spacial score (nSPS) is 15.3. The summed E-state index contributed by atoms with van der Waals surface area (Å²) in [5, 5.41) is 3.35. The fourth-order valence-electron chi connectivity index (χ4n) is 2.62. The van der Waals surface area contributed by atoms with E-state index in [2.05, 4.69) is 5.32 Å². The van der Waals surface area contributed by atoms with Crippen LogP contribution in [0.3, 0.4) is 0 Å². The van der Waals surface area contributed by atoms with Gasteiger partial charge in [-0.15, -0.1) is 0 Å². The Morgan fingerprint density at radius 2 is 2.14 bits per heavy atom. The Morgan fingerprint density at radius 3 is 2.86 bits per heavy atom. The molecule has 1 aliphatic carbocycles. The molecule has 1 amide bonds. The summed E-state index contributed by atoms with van der Waals surface area (Å²) < 4.78 is 5.64. The second kappa shape index (κ2) is 8.25. The van der Waals surface area contributed by atoms with Crippen LogP contribution in [0.15, 0.2) is 18.2 Å². The molecule has 1 saturated carbocycles. The number of halogens is 1. The highest BCUT2D eigenvalue weighted by atomic mass is 35.5. The highest BCUT2D eigenvalue weighted by Crippen LogP contribution is 2.25. The number of ether oxygens (including phenoxy) is 1. The summed E-state index contributed by atoms with van der Waals surface area (Å²) in [6, 6.07) is 5.05. The van der Waals surface area contributed by atoms with Crippen LogP contribution in [0.1, 0.15) is 38.5 Å². The summed E-state index contributed by atoms with van der Waals surface area (Å²) in [4.78, 5) is 11.8. The topological polar surface area (TPSA) is 64.3 Å². The molecule has 0 atom stereocenters. The number of nitrogens with two attached hydrogens (primary N) is 1. The molecule has 0 aromatic heterocycles. The van der Waals surface area contributed by atoms with Gasteiger partial charge in [0.25, 0.3) is 0 Å². The maximum Gasteiger partial charge on any atom is 0.224 e. The monoisotopic (exact) mass is 310 g/mol. The first-order valence-electron chi connectivity index (χ1n) is 7.58. The lowest BCUT2D eigenvalue weighted by atomic mass is 10.1. The van der Waals surface area contributed by atoms with Crippen molar-refractivity contribution in [3.05, 3.63) is 23.2 Å². The maximum atomic E-state index is 11.8. The number of anilines is 2. The molecular weight excluding hydrogens is 288 g/mol. The smallest absolute Gasteiger partial charge is 0.224 e. The number of hydrogen-bond donors (Lipinski definition) is 2. The molecule has 0 spiro atoms. The summed E-state index contributed by atoms with van der Waals surface area (Å²) in [7, 11) is 0. The standard InChI is InChI=1S/C16H23ClN2O2/c17-13-7-8-15(14(18)10-13)19-16(20)6-3-9-21-11-12-4-1-2-5-12/h7-8,10,12H,1-6,9,11,18H2,(H,19,20). The zero-order valence-electron chi connectivity index (χ0n) is 12.2. The lowest BCUT2D eigenvalue weighted by Gasteiger charge is -2.10. The van der Waals surface area contributed by atoms with E-state index in [-0.39, 0.29) is 5.91 Å². The van der Waals surface area contributed by atoms with Gasteiger partial charge in [-0.3, -0.25) is 4.79 Å². The molecule has 0 aliphatic heterocycles. The molecule has 1 aliphatic rings. The molecule has 2 rings (SSSR count). The van der Waals surface area contributed by atoms with E-state index < -0.39 is 0 Å². The Bertz CT molecular complexity index is 473. The molecule has 0 radical (unpaired) electrons. The quantitative estimate of drug-likeness (QED) is 0.594. The van der Waals surface area contributed by atoms with Crippen LogP contribution in [0.4, 0.5) is 11.4 Å². The van der Waals surface area contributed by atoms with Crippen molar-refractivity contribution < 1.29 is 9.53 Å². The highest BCUT2D eigenvalue weighted by Gasteiger charge is 2.14. The van der Waals surface area contributed by atoms with Gasteiger partial charge in [-0.2, -0.15) is 0 Å². The molecule has 21 heavy (non-hydrogen) atoms. The average Bonchev–Trinajstić information content (AvgIpc) is 2.95. The largest absolute Gasteiger partial charge is 0.397 e. The molecule has 1 fully saturated rings. The van der Waals surface area contributed by atoms with Crippen molar-refractivity contribution in [2.24, 2.45) is 5.92 Å². The SMILES string of the molecule is Nc1cc(Cl)ccc1NC(=O)CCCOCC1CCCC1. The van der Waals surface area contributed by atoms with E-state index in [0.717, 1.165) is 18.9 Å². The fourth-order valence-corrected chi connectivity index (χ4v) is 2.80. The van der Waals surface area contributed by atoms with Crippen LogP contribution in [0.2, 0.25) is 5.02 Å². The Morgan fingerprint density at radius 1 is 1.38 bits per heavy atom. The molecule has 0 saturated heterocycles. The van der Waals surface area contributed by atoms with Crippen LogP contribution >= 0.6 is 11.6 Å². The van der Waals surface area contributed by atoms with E-state index in [0.29, 0.717) is 29.4 Å². The van der Waals surface area contributed by atoms with Gasteiger partial charge in [0.15, 0.2) is 0 Å². The van der Waals surface area contributed by atoms with Gasteiger partial charge in [0, 0.05) is 24.7 Å². The molecule has 3 N–H and O–H groups in total. The van der Waals surface area contributed by atoms with Gasteiger partial charge in [-0.1, -0.05) is 24.4 Å². The minimum Gasteiger partial charge on any atom is -0.397 e. The molecule has 0 bridgehead atoms. The van der Waals surface area contributed by atoms with Crippen molar-refractivity contribution in [1.82, 2.24) is 0 Å². The van der Waals surface area contributed by atoms with Crippen molar-refractivity contribution in [1.29, 1.82) is 0 Å². The third kappa shape index (κ3) is 5.56. The van der Waals surface area contributed by atoms with Crippen LogP contribution in [-0.2, 0) is 9.53 Å². The van der Waals surface area contributed by atoms with Gasteiger partial charge in [-0.05, 0) is 43.4 Å². The Labute approximate surface area is 131 Å². The predicted molar refractivity (Wildman–Crippen MR) is 86.5 cm³/mol. The fraction of sp³-hybridized carbons (Fsp3) is 0.562. The number of benzene rings is 1. The zero-order valence-corrected chi connectivity index (χ0v) is 13.0. The van der Waals surface area contributed by atoms with Crippen LogP contribution in [0.5, 0.6) is 0 Å². The Kier molecular flexibility index (Phi) is 6.33. The third-order valence-electron chi connectivity index (χ3n) is 3.81. The first kappa shape index (κ1) is 16.1. The predicted octanol–water partition coefficient (Wildman–Crippen LogP) is 3.85. The van der Waals surface area contributed by atoms with Gasteiger partial charge in [0.2, 0.25) is 5.91 Å².